The molecule has 0 aliphatic carbocycles. The number of piperidine rings is 1. The summed E-state index contributed by atoms with van der Waals surface area (Å²) >= 11 is 0. The number of nitrogens with zero attached hydrogens (tertiary/aromatic N) is 1. The lowest BCUT2D eigenvalue weighted by Crippen LogP contribution is -2.60. The molecular weight excluding hydrogens is 198 g/mol. The van der Waals surface area contributed by atoms with E-state index in [1.165, 1.54) is 32.1 Å². The summed E-state index contributed by atoms with van der Waals surface area (Å²) in [5.74, 6) is 0. The van der Waals surface area contributed by atoms with Crippen molar-refractivity contribution in [3.63, 3.8) is 0 Å². The van der Waals surface area contributed by atoms with Crippen LogP contribution in [0.1, 0.15) is 59.8 Å². The average molecular weight is 225 g/mol. The molecule has 2 fully saturated rings. The van der Waals surface area contributed by atoms with E-state index in [2.05, 4.69) is 32.6 Å². The first kappa shape index (κ1) is 12.4. The molecule has 0 unspecified atom stereocenters. The van der Waals surface area contributed by atoms with Gasteiger partial charge in [-0.15, -0.1) is 0 Å². The third-order valence-corrected chi connectivity index (χ3v) is 4.45. The van der Waals surface area contributed by atoms with Crippen LogP contribution in [0.4, 0.5) is 0 Å². The molecule has 0 saturated carbocycles. The summed E-state index contributed by atoms with van der Waals surface area (Å²) in [5, 5.41) is 0. The van der Waals surface area contributed by atoms with Crippen LogP contribution in [0.2, 0.25) is 0 Å². The lowest BCUT2D eigenvalue weighted by atomic mass is 9.79. The van der Waals surface area contributed by atoms with E-state index in [4.69, 9.17) is 4.74 Å². The van der Waals surface area contributed by atoms with Crippen molar-refractivity contribution in [1.82, 2.24) is 4.90 Å². The molecule has 2 nitrogen and oxygen atoms in total. The first-order chi connectivity index (χ1) is 7.42. The van der Waals surface area contributed by atoms with Crippen LogP contribution in [0.15, 0.2) is 0 Å². The van der Waals surface area contributed by atoms with Crippen molar-refractivity contribution in [3.05, 3.63) is 0 Å². The molecule has 2 heteroatoms. The number of hydrogen-bond acceptors (Lipinski definition) is 2. The summed E-state index contributed by atoms with van der Waals surface area (Å²) < 4.78 is 5.80. The minimum Gasteiger partial charge on any atom is -0.377 e. The third-order valence-electron chi connectivity index (χ3n) is 4.45. The largest absolute Gasteiger partial charge is 0.377 e. The zero-order valence-electron chi connectivity index (χ0n) is 11.4. The first-order valence-electron chi connectivity index (χ1n) is 6.81. The molecule has 0 aromatic heterocycles. The van der Waals surface area contributed by atoms with Crippen molar-refractivity contribution in [2.75, 3.05) is 13.2 Å². The van der Waals surface area contributed by atoms with Crippen molar-refractivity contribution in [3.8, 4) is 0 Å². The number of rotatable bonds is 2. The van der Waals surface area contributed by atoms with Gasteiger partial charge in [-0.25, -0.2) is 0 Å². The maximum absolute atomic E-state index is 5.80. The molecule has 0 aromatic carbocycles. The minimum atomic E-state index is 0.341. The van der Waals surface area contributed by atoms with Crippen LogP contribution in [0.3, 0.4) is 0 Å². The van der Waals surface area contributed by atoms with Gasteiger partial charge in [-0.1, -0.05) is 0 Å². The SMILES string of the molecule is CC1(C)CCCC(C)(C)N1C[C@H]1CCCO1. The second-order valence-electron chi connectivity index (χ2n) is 6.72. The van der Waals surface area contributed by atoms with Crippen LogP contribution >= 0.6 is 0 Å². The van der Waals surface area contributed by atoms with Crippen molar-refractivity contribution in [2.45, 2.75) is 77.0 Å². The zero-order chi connectivity index (χ0) is 11.8. The van der Waals surface area contributed by atoms with Gasteiger partial charge in [0.1, 0.15) is 0 Å². The highest BCUT2D eigenvalue weighted by Crippen LogP contribution is 2.38. The van der Waals surface area contributed by atoms with Gasteiger partial charge < -0.3 is 4.74 Å². The van der Waals surface area contributed by atoms with E-state index in [9.17, 15) is 0 Å². The number of hydrogen-bond donors (Lipinski definition) is 0. The molecule has 0 spiro atoms. The summed E-state index contributed by atoms with van der Waals surface area (Å²) in [5.41, 5.74) is 0.682. The summed E-state index contributed by atoms with van der Waals surface area (Å²) in [6, 6.07) is 0. The van der Waals surface area contributed by atoms with Gasteiger partial charge >= 0.3 is 0 Å². The smallest absolute Gasteiger partial charge is 0.0703 e. The van der Waals surface area contributed by atoms with Crippen LogP contribution in [-0.4, -0.2) is 35.2 Å². The number of likely N-dealkylation sites (tertiary alicyclic amines) is 1. The fourth-order valence-electron chi connectivity index (χ4n) is 3.53. The van der Waals surface area contributed by atoms with Crippen LogP contribution in [0, 0.1) is 0 Å². The van der Waals surface area contributed by atoms with Crippen molar-refractivity contribution in [1.29, 1.82) is 0 Å². The zero-order valence-corrected chi connectivity index (χ0v) is 11.4. The maximum Gasteiger partial charge on any atom is 0.0703 e. The van der Waals surface area contributed by atoms with Crippen LogP contribution in [-0.2, 0) is 4.74 Å². The summed E-state index contributed by atoms with van der Waals surface area (Å²) in [4.78, 5) is 2.69. The molecule has 0 amide bonds. The molecule has 2 saturated heterocycles. The van der Waals surface area contributed by atoms with E-state index in [0.717, 1.165) is 13.2 Å². The van der Waals surface area contributed by atoms with Gasteiger partial charge in [-0.3, -0.25) is 4.90 Å². The second-order valence-corrected chi connectivity index (χ2v) is 6.72. The Morgan fingerprint density at radius 2 is 1.69 bits per heavy atom. The molecule has 2 aliphatic rings. The molecule has 94 valence electrons. The highest BCUT2D eigenvalue weighted by Gasteiger charge is 2.42. The lowest BCUT2D eigenvalue weighted by Gasteiger charge is -2.53. The van der Waals surface area contributed by atoms with Gasteiger partial charge in [0, 0.05) is 24.2 Å². The van der Waals surface area contributed by atoms with Crippen molar-refractivity contribution >= 4 is 0 Å². The van der Waals surface area contributed by atoms with Gasteiger partial charge in [0.2, 0.25) is 0 Å². The van der Waals surface area contributed by atoms with Crippen molar-refractivity contribution < 1.29 is 4.74 Å². The monoisotopic (exact) mass is 225 g/mol. The van der Waals surface area contributed by atoms with E-state index < -0.39 is 0 Å². The van der Waals surface area contributed by atoms with Crippen LogP contribution < -0.4 is 0 Å². The quantitative estimate of drug-likeness (QED) is 0.715. The molecule has 2 rings (SSSR count). The van der Waals surface area contributed by atoms with E-state index in [-0.39, 0.29) is 0 Å². The van der Waals surface area contributed by atoms with Gasteiger partial charge in [-0.05, 0) is 59.8 Å². The molecule has 2 heterocycles. The Morgan fingerprint density at radius 1 is 1.06 bits per heavy atom. The minimum absolute atomic E-state index is 0.341. The molecule has 16 heavy (non-hydrogen) atoms. The Morgan fingerprint density at radius 3 is 2.19 bits per heavy atom. The van der Waals surface area contributed by atoms with Gasteiger partial charge in [0.05, 0.1) is 6.10 Å². The molecule has 0 aromatic rings. The van der Waals surface area contributed by atoms with E-state index in [1.54, 1.807) is 0 Å². The third kappa shape index (κ3) is 2.43. The normalized spacial score (nSPS) is 34.1. The molecular formula is C14H27NO. The van der Waals surface area contributed by atoms with Gasteiger partial charge in [-0.2, -0.15) is 0 Å². The predicted molar refractivity (Wildman–Crippen MR) is 67.7 cm³/mol. The van der Waals surface area contributed by atoms with Gasteiger partial charge in [0.25, 0.3) is 0 Å². The Labute approximate surface area is 100 Å². The molecule has 0 bridgehead atoms. The Hall–Kier alpha value is -0.0800. The van der Waals surface area contributed by atoms with Gasteiger partial charge in [0.15, 0.2) is 0 Å². The number of ether oxygens (including phenoxy) is 1. The molecule has 0 N–H and O–H groups in total. The molecule has 2 aliphatic heterocycles. The predicted octanol–water partition coefficient (Wildman–Crippen LogP) is 3.21. The van der Waals surface area contributed by atoms with Crippen molar-refractivity contribution in [2.24, 2.45) is 0 Å². The Kier molecular flexibility index (Phi) is 3.33. The Balaban J connectivity index is 2.06. The second kappa shape index (κ2) is 4.30. The summed E-state index contributed by atoms with van der Waals surface area (Å²) in [6.07, 6.45) is 6.99. The summed E-state index contributed by atoms with van der Waals surface area (Å²) in [7, 11) is 0. The van der Waals surface area contributed by atoms with E-state index in [0.29, 0.717) is 17.2 Å². The highest BCUT2D eigenvalue weighted by atomic mass is 16.5. The fraction of sp³-hybridized carbons (Fsp3) is 1.00. The fourth-order valence-corrected chi connectivity index (χ4v) is 3.53. The van der Waals surface area contributed by atoms with Crippen LogP contribution in [0.5, 0.6) is 0 Å². The average Bonchev–Trinajstić information content (AvgIpc) is 2.63. The first-order valence-corrected chi connectivity index (χ1v) is 6.81. The van der Waals surface area contributed by atoms with Crippen LogP contribution in [0.25, 0.3) is 0 Å². The maximum atomic E-state index is 5.80. The standard InChI is InChI=1S/C14H27NO/c1-13(2)8-6-9-14(3,4)15(13)11-12-7-5-10-16-12/h12H,5-11H2,1-4H3/t12-/m1/s1. The Bertz CT molecular complexity index is 225. The topological polar surface area (TPSA) is 12.5 Å². The summed E-state index contributed by atoms with van der Waals surface area (Å²) in [6.45, 7) is 11.7. The highest BCUT2D eigenvalue weighted by molar-refractivity contribution is 4.97. The van der Waals surface area contributed by atoms with E-state index >= 15 is 0 Å². The lowest BCUT2D eigenvalue weighted by molar-refractivity contribution is -0.0582. The van der Waals surface area contributed by atoms with E-state index in [1.807, 2.05) is 0 Å². The molecule has 1 atom stereocenters. The molecule has 0 radical (unpaired) electrons.